The van der Waals surface area contributed by atoms with Gasteiger partial charge in [-0.05, 0) is 56.2 Å². The fourth-order valence-electron chi connectivity index (χ4n) is 4.14. The lowest BCUT2D eigenvalue weighted by molar-refractivity contribution is -0.384. The third-order valence-corrected chi connectivity index (χ3v) is 8.49. The topological polar surface area (TPSA) is 130 Å². The Balaban J connectivity index is 2.12. The van der Waals surface area contributed by atoms with Crippen LogP contribution in [0, 0.1) is 10.1 Å². The third-order valence-electron chi connectivity index (χ3n) is 6.11. The first-order chi connectivity index (χ1) is 19.3. The largest absolute Gasteiger partial charge is 0.352 e. The zero-order chi connectivity index (χ0) is 30.3. The Kier molecular flexibility index (Phi) is 10.7. The molecule has 0 unspecified atom stereocenters. The lowest BCUT2D eigenvalue weighted by Gasteiger charge is -2.33. The Hall–Kier alpha value is -3.67. The molecular weight excluding hydrogens is 591 g/mol. The van der Waals surface area contributed by atoms with E-state index in [1.165, 1.54) is 53.4 Å². The maximum atomic E-state index is 14.0. The van der Waals surface area contributed by atoms with Crippen LogP contribution >= 0.6 is 23.2 Å². The average molecular weight is 622 g/mol. The van der Waals surface area contributed by atoms with Crippen molar-refractivity contribution >= 4 is 56.4 Å². The number of amides is 2. The highest BCUT2D eigenvalue weighted by atomic mass is 35.5. The number of carbonyl (C=O) groups excluding carboxylic acids is 2. The van der Waals surface area contributed by atoms with E-state index in [9.17, 15) is 28.1 Å². The Morgan fingerprint density at radius 2 is 1.68 bits per heavy atom. The van der Waals surface area contributed by atoms with Crippen LogP contribution in [-0.2, 0) is 26.2 Å². The van der Waals surface area contributed by atoms with Gasteiger partial charge in [-0.1, -0.05) is 60.5 Å². The molecule has 0 aromatic heterocycles. The fourth-order valence-corrected chi connectivity index (χ4v) is 6.04. The number of hydrogen-bond donors (Lipinski definition) is 1. The van der Waals surface area contributed by atoms with Crippen molar-refractivity contribution in [3.05, 3.63) is 98.5 Å². The molecular formula is C28H30Cl2N4O6S. The molecule has 0 aliphatic heterocycles. The van der Waals surface area contributed by atoms with Crippen LogP contribution in [0.5, 0.6) is 0 Å². The van der Waals surface area contributed by atoms with E-state index < -0.39 is 39.3 Å². The quantitative estimate of drug-likeness (QED) is 0.212. The first-order valence-electron chi connectivity index (χ1n) is 12.7. The summed E-state index contributed by atoms with van der Waals surface area (Å²) in [7, 11) is -4.36. The first-order valence-corrected chi connectivity index (χ1v) is 14.9. The van der Waals surface area contributed by atoms with Crippen LogP contribution in [0.25, 0.3) is 0 Å². The van der Waals surface area contributed by atoms with Gasteiger partial charge in [0.2, 0.25) is 11.8 Å². The van der Waals surface area contributed by atoms with Gasteiger partial charge in [-0.15, -0.1) is 0 Å². The van der Waals surface area contributed by atoms with Crippen molar-refractivity contribution in [1.29, 1.82) is 0 Å². The number of nitro benzene ring substituents is 1. The van der Waals surface area contributed by atoms with E-state index in [0.717, 1.165) is 10.4 Å². The number of rotatable bonds is 12. The van der Waals surface area contributed by atoms with Crippen molar-refractivity contribution in [2.45, 2.75) is 50.7 Å². The molecule has 2 amide bonds. The molecule has 0 spiro atoms. The van der Waals surface area contributed by atoms with Crippen molar-refractivity contribution in [2.24, 2.45) is 0 Å². The molecule has 0 aliphatic rings. The van der Waals surface area contributed by atoms with Gasteiger partial charge in [0.1, 0.15) is 12.6 Å². The minimum absolute atomic E-state index is 0.0828. The van der Waals surface area contributed by atoms with Crippen LogP contribution in [0.2, 0.25) is 10.0 Å². The SMILES string of the molecule is CC[C@H](C(=O)NC(C)C)N(Cc1ccc(Cl)cc1Cl)C(=O)CN(c1cccc([N+](=O)[O-])c1)S(=O)(=O)c1ccccc1. The second-order valence-electron chi connectivity index (χ2n) is 9.45. The number of nitrogens with one attached hydrogen (secondary N) is 1. The molecule has 3 aromatic rings. The summed E-state index contributed by atoms with van der Waals surface area (Å²) in [6.45, 7) is 4.43. The zero-order valence-electron chi connectivity index (χ0n) is 22.7. The number of nitro groups is 1. The molecule has 13 heteroatoms. The van der Waals surface area contributed by atoms with Crippen molar-refractivity contribution in [3.63, 3.8) is 0 Å². The lowest BCUT2D eigenvalue weighted by atomic mass is 10.1. The second-order valence-corrected chi connectivity index (χ2v) is 12.2. The molecule has 0 heterocycles. The Morgan fingerprint density at radius 1 is 1.00 bits per heavy atom. The number of non-ortho nitro benzene ring substituents is 1. The van der Waals surface area contributed by atoms with Gasteiger partial charge in [-0.25, -0.2) is 8.42 Å². The van der Waals surface area contributed by atoms with Crippen LogP contribution in [0.15, 0.2) is 77.7 Å². The van der Waals surface area contributed by atoms with Crippen LogP contribution in [0.1, 0.15) is 32.8 Å². The van der Waals surface area contributed by atoms with Crippen molar-refractivity contribution in [3.8, 4) is 0 Å². The summed E-state index contributed by atoms with van der Waals surface area (Å²) in [6.07, 6.45) is 0.220. The summed E-state index contributed by atoms with van der Waals surface area (Å²) in [5, 5.41) is 14.9. The Bertz CT molecular complexity index is 1520. The van der Waals surface area contributed by atoms with Gasteiger partial charge in [-0.3, -0.25) is 24.0 Å². The predicted molar refractivity (Wildman–Crippen MR) is 158 cm³/mol. The second kappa shape index (κ2) is 13.8. The Labute approximate surface area is 249 Å². The van der Waals surface area contributed by atoms with E-state index in [1.54, 1.807) is 39.0 Å². The molecule has 10 nitrogen and oxygen atoms in total. The highest BCUT2D eigenvalue weighted by Crippen LogP contribution is 2.29. The summed E-state index contributed by atoms with van der Waals surface area (Å²) in [6, 6.07) is 15.9. The number of sulfonamides is 1. The van der Waals surface area contributed by atoms with Crippen LogP contribution < -0.4 is 9.62 Å². The van der Waals surface area contributed by atoms with Crippen LogP contribution in [-0.4, -0.2) is 48.7 Å². The molecule has 0 aliphatic carbocycles. The summed E-state index contributed by atoms with van der Waals surface area (Å²) < 4.78 is 28.4. The van der Waals surface area contributed by atoms with E-state index in [0.29, 0.717) is 10.6 Å². The van der Waals surface area contributed by atoms with E-state index in [4.69, 9.17) is 23.2 Å². The van der Waals surface area contributed by atoms with E-state index >= 15 is 0 Å². The molecule has 218 valence electrons. The van der Waals surface area contributed by atoms with Gasteiger partial charge >= 0.3 is 0 Å². The van der Waals surface area contributed by atoms with Gasteiger partial charge in [0, 0.05) is 34.8 Å². The van der Waals surface area contributed by atoms with Crippen molar-refractivity contribution < 1.29 is 22.9 Å². The third kappa shape index (κ3) is 7.96. The van der Waals surface area contributed by atoms with Gasteiger partial charge in [0.25, 0.3) is 15.7 Å². The number of halogens is 2. The van der Waals surface area contributed by atoms with Gasteiger partial charge in [0.15, 0.2) is 0 Å². The molecule has 0 saturated carbocycles. The number of benzene rings is 3. The highest BCUT2D eigenvalue weighted by Gasteiger charge is 2.34. The standard InChI is InChI=1S/C28H30Cl2N4O6S/c1-4-26(28(36)31-19(2)3)32(17-20-13-14-21(29)15-25(20)30)27(35)18-33(22-9-8-10-23(16-22)34(37)38)41(39,40)24-11-6-5-7-12-24/h5-16,19,26H,4,17-18H2,1-3H3,(H,31,36)/t26-/m1/s1. The van der Waals surface area contributed by atoms with Gasteiger partial charge in [-0.2, -0.15) is 0 Å². The summed E-state index contributed by atoms with van der Waals surface area (Å²) in [5.74, 6) is -1.14. The molecule has 0 saturated heterocycles. The average Bonchev–Trinajstić information content (AvgIpc) is 2.92. The maximum Gasteiger partial charge on any atom is 0.271 e. The monoisotopic (exact) mass is 620 g/mol. The van der Waals surface area contributed by atoms with E-state index in [-0.39, 0.29) is 40.3 Å². The molecule has 1 atom stereocenters. The maximum absolute atomic E-state index is 14.0. The number of carbonyl (C=O) groups is 2. The molecule has 0 fully saturated rings. The van der Waals surface area contributed by atoms with Gasteiger partial charge < -0.3 is 10.2 Å². The normalized spacial score (nSPS) is 12.0. The first kappa shape index (κ1) is 31.9. The summed E-state index contributed by atoms with van der Waals surface area (Å²) in [4.78, 5) is 39.2. The van der Waals surface area contributed by atoms with Crippen molar-refractivity contribution in [1.82, 2.24) is 10.2 Å². The summed E-state index contributed by atoms with van der Waals surface area (Å²) in [5.41, 5.74) is 0.0596. The highest BCUT2D eigenvalue weighted by molar-refractivity contribution is 7.92. The predicted octanol–water partition coefficient (Wildman–Crippen LogP) is 5.43. The van der Waals surface area contributed by atoms with Crippen LogP contribution in [0.3, 0.4) is 0 Å². The lowest BCUT2D eigenvalue weighted by Crippen LogP contribution is -2.53. The van der Waals surface area contributed by atoms with Gasteiger partial charge in [0.05, 0.1) is 15.5 Å². The minimum atomic E-state index is -4.36. The molecule has 3 rings (SSSR count). The van der Waals surface area contributed by atoms with Crippen molar-refractivity contribution in [2.75, 3.05) is 10.8 Å². The summed E-state index contributed by atoms with van der Waals surface area (Å²) >= 11 is 12.4. The fraction of sp³-hybridized carbons (Fsp3) is 0.286. The molecule has 3 aromatic carbocycles. The van der Waals surface area contributed by atoms with E-state index in [2.05, 4.69) is 5.32 Å². The zero-order valence-corrected chi connectivity index (χ0v) is 25.0. The smallest absolute Gasteiger partial charge is 0.271 e. The minimum Gasteiger partial charge on any atom is -0.352 e. The number of anilines is 1. The molecule has 0 bridgehead atoms. The van der Waals surface area contributed by atoms with E-state index in [1.807, 2.05) is 0 Å². The Morgan fingerprint density at radius 3 is 2.27 bits per heavy atom. The molecule has 41 heavy (non-hydrogen) atoms. The number of hydrogen-bond acceptors (Lipinski definition) is 6. The number of nitrogens with zero attached hydrogens (tertiary/aromatic N) is 3. The van der Waals surface area contributed by atoms with Crippen LogP contribution in [0.4, 0.5) is 11.4 Å². The molecule has 1 N–H and O–H groups in total. The molecule has 0 radical (unpaired) electrons.